The number of alkyl halides is 1. The number of halogens is 2. The third-order valence-corrected chi connectivity index (χ3v) is 6.14. The maximum absolute atomic E-state index is 12.8. The van der Waals surface area contributed by atoms with Crippen LogP contribution in [-0.2, 0) is 9.84 Å². The number of hydrogen-bond acceptors (Lipinski definition) is 3. The third-order valence-electron chi connectivity index (χ3n) is 2.77. The first-order valence-electron chi connectivity index (χ1n) is 5.50. The molecule has 0 saturated heterocycles. The summed E-state index contributed by atoms with van der Waals surface area (Å²) in [5.41, 5.74) is 0.0882. The second kappa shape index (κ2) is 5.36. The fourth-order valence-corrected chi connectivity index (χ4v) is 3.30. The molecule has 0 unspecified atom stereocenters. The van der Waals surface area contributed by atoms with Crippen molar-refractivity contribution < 1.29 is 17.6 Å². The van der Waals surface area contributed by atoms with Crippen LogP contribution in [0.25, 0.3) is 0 Å². The van der Waals surface area contributed by atoms with Gasteiger partial charge in [-0.25, -0.2) is 12.8 Å². The van der Waals surface area contributed by atoms with E-state index in [9.17, 15) is 17.6 Å². The van der Waals surface area contributed by atoms with Gasteiger partial charge in [0.15, 0.2) is 15.6 Å². The quantitative estimate of drug-likeness (QED) is 0.619. The minimum absolute atomic E-state index is 0.0407. The molecule has 1 aromatic carbocycles. The largest absolute Gasteiger partial charge is 0.291 e. The molecule has 0 amide bonds. The van der Waals surface area contributed by atoms with Crippen molar-refractivity contribution in [2.75, 3.05) is 5.75 Å². The van der Waals surface area contributed by atoms with Gasteiger partial charge in [-0.1, -0.05) is 25.4 Å². The Bertz CT molecular complexity index is 539. The van der Waals surface area contributed by atoms with Gasteiger partial charge in [0.05, 0.1) is 0 Å². The Morgan fingerprint density at radius 1 is 1.28 bits per heavy atom. The Morgan fingerprint density at radius 3 is 2.17 bits per heavy atom. The summed E-state index contributed by atoms with van der Waals surface area (Å²) in [5.74, 6) is -1.44. The van der Waals surface area contributed by atoms with Gasteiger partial charge in [0.25, 0.3) is 0 Å². The molecule has 1 rings (SSSR count). The summed E-state index contributed by atoms with van der Waals surface area (Å²) >= 11 is 6.01. The van der Waals surface area contributed by atoms with Crippen molar-refractivity contribution in [2.45, 2.75) is 24.5 Å². The van der Waals surface area contributed by atoms with Crippen molar-refractivity contribution >= 4 is 27.2 Å². The highest BCUT2D eigenvalue weighted by Gasteiger charge is 2.46. The first kappa shape index (κ1) is 15.1. The average molecular weight is 293 g/mol. The van der Waals surface area contributed by atoms with Crippen molar-refractivity contribution in [2.24, 2.45) is 0 Å². The number of carbonyl (C=O) groups is 1. The van der Waals surface area contributed by atoms with Gasteiger partial charge in [-0.2, -0.15) is 0 Å². The highest BCUT2D eigenvalue weighted by molar-refractivity contribution is 7.95. The molecule has 0 aromatic heterocycles. The van der Waals surface area contributed by atoms with Crippen LogP contribution in [0.15, 0.2) is 24.3 Å². The predicted octanol–water partition coefficient (Wildman–Crippen LogP) is 2.79. The number of rotatable bonds is 5. The highest BCUT2D eigenvalue weighted by atomic mass is 35.5. The van der Waals surface area contributed by atoms with Crippen LogP contribution >= 0.6 is 11.6 Å². The molecule has 0 spiro atoms. The number of carbonyl (C=O) groups excluding carboxylic acids is 1. The van der Waals surface area contributed by atoms with Crippen LogP contribution in [0.3, 0.4) is 0 Å². The molecule has 0 aliphatic heterocycles. The zero-order chi connectivity index (χ0) is 14.0. The van der Waals surface area contributed by atoms with E-state index in [1.54, 1.807) is 0 Å². The van der Waals surface area contributed by atoms with Crippen LogP contribution in [0.2, 0.25) is 0 Å². The van der Waals surface area contributed by atoms with Crippen LogP contribution < -0.4 is 0 Å². The van der Waals surface area contributed by atoms with E-state index in [0.29, 0.717) is 0 Å². The summed E-state index contributed by atoms with van der Waals surface area (Å²) in [6.45, 7) is 2.96. The SMILES string of the molecule is CC[C@@](Cl)(C(=O)c1ccc(F)cc1)S(=O)(=O)CC. The van der Waals surface area contributed by atoms with Gasteiger partial charge in [-0.3, -0.25) is 4.79 Å². The monoisotopic (exact) mass is 292 g/mol. The molecule has 1 aromatic rings. The van der Waals surface area contributed by atoms with E-state index in [0.717, 1.165) is 12.1 Å². The van der Waals surface area contributed by atoms with Crippen molar-refractivity contribution in [1.82, 2.24) is 0 Å². The normalized spacial score (nSPS) is 15.1. The Morgan fingerprint density at radius 2 is 1.78 bits per heavy atom. The Balaban J connectivity index is 3.26. The average Bonchev–Trinajstić information content (AvgIpc) is 2.37. The standard InChI is InChI=1S/C12H14ClFO3S/c1-3-12(13,18(16,17)4-2)11(15)9-5-7-10(14)8-6-9/h5-8H,3-4H2,1-2H3/t12-/m0/s1. The lowest BCUT2D eigenvalue weighted by Crippen LogP contribution is -2.41. The van der Waals surface area contributed by atoms with E-state index in [-0.39, 0.29) is 17.7 Å². The molecule has 0 saturated carbocycles. The number of ketones is 1. The molecule has 0 bridgehead atoms. The maximum atomic E-state index is 12.8. The summed E-state index contributed by atoms with van der Waals surface area (Å²) in [6.07, 6.45) is -0.0407. The fourth-order valence-electron chi connectivity index (χ4n) is 1.57. The van der Waals surface area contributed by atoms with Gasteiger partial charge < -0.3 is 0 Å². The Kier molecular flexibility index (Phi) is 4.50. The summed E-state index contributed by atoms with van der Waals surface area (Å²) in [7, 11) is -3.75. The molecule has 6 heteroatoms. The lowest BCUT2D eigenvalue weighted by molar-refractivity contribution is 0.0970. The van der Waals surface area contributed by atoms with Crippen molar-refractivity contribution in [3.8, 4) is 0 Å². The molecule has 1 atom stereocenters. The van der Waals surface area contributed by atoms with Gasteiger partial charge >= 0.3 is 0 Å². The number of sulfone groups is 1. The summed E-state index contributed by atoms with van der Waals surface area (Å²) in [6, 6.07) is 4.66. The zero-order valence-corrected chi connectivity index (χ0v) is 11.7. The lowest BCUT2D eigenvalue weighted by Gasteiger charge is -2.23. The van der Waals surface area contributed by atoms with Crippen LogP contribution in [0.5, 0.6) is 0 Å². The molecular formula is C12H14ClFO3S. The molecule has 0 aliphatic carbocycles. The van der Waals surface area contributed by atoms with Gasteiger partial charge in [0.1, 0.15) is 5.82 Å². The second-order valence-electron chi connectivity index (χ2n) is 3.82. The Hall–Kier alpha value is -0.940. The predicted molar refractivity (Wildman–Crippen MR) is 69.1 cm³/mol. The zero-order valence-electron chi connectivity index (χ0n) is 10.1. The first-order valence-corrected chi connectivity index (χ1v) is 7.53. The fraction of sp³-hybridized carbons (Fsp3) is 0.417. The van der Waals surface area contributed by atoms with E-state index in [4.69, 9.17) is 11.6 Å². The van der Waals surface area contributed by atoms with Crippen LogP contribution in [-0.4, -0.2) is 24.2 Å². The smallest absolute Gasteiger partial charge is 0.207 e. The number of Topliss-reactive ketones (excluding diaryl/α,β-unsaturated/α-hetero) is 1. The third kappa shape index (κ3) is 2.57. The van der Waals surface area contributed by atoms with Crippen LogP contribution in [0.1, 0.15) is 30.6 Å². The molecule has 0 aliphatic rings. The molecule has 0 radical (unpaired) electrons. The number of hydrogen-bond donors (Lipinski definition) is 0. The molecule has 0 fully saturated rings. The summed E-state index contributed by atoms with van der Waals surface area (Å²) in [5, 5.41) is 0. The van der Waals surface area contributed by atoms with Crippen LogP contribution in [0, 0.1) is 5.82 Å². The molecule has 18 heavy (non-hydrogen) atoms. The summed E-state index contributed by atoms with van der Waals surface area (Å²) < 4.78 is 34.6. The van der Waals surface area contributed by atoms with Crippen molar-refractivity contribution in [3.63, 3.8) is 0 Å². The van der Waals surface area contributed by atoms with Crippen molar-refractivity contribution in [1.29, 1.82) is 0 Å². The minimum Gasteiger partial charge on any atom is -0.291 e. The minimum atomic E-state index is -3.75. The van der Waals surface area contributed by atoms with Gasteiger partial charge in [0, 0.05) is 11.3 Å². The van der Waals surface area contributed by atoms with Gasteiger partial charge in [0.2, 0.25) is 4.21 Å². The topological polar surface area (TPSA) is 51.2 Å². The summed E-state index contributed by atoms with van der Waals surface area (Å²) in [4.78, 5) is 12.2. The molecule has 0 N–H and O–H groups in total. The molecule has 3 nitrogen and oxygen atoms in total. The van der Waals surface area contributed by atoms with Crippen molar-refractivity contribution in [3.05, 3.63) is 35.6 Å². The highest BCUT2D eigenvalue weighted by Crippen LogP contribution is 2.32. The van der Waals surface area contributed by atoms with E-state index >= 15 is 0 Å². The van der Waals surface area contributed by atoms with E-state index in [1.807, 2.05) is 0 Å². The van der Waals surface area contributed by atoms with Crippen LogP contribution in [0.4, 0.5) is 4.39 Å². The second-order valence-corrected chi connectivity index (χ2v) is 7.19. The maximum Gasteiger partial charge on any atom is 0.207 e. The van der Waals surface area contributed by atoms with E-state index in [2.05, 4.69) is 0 Å². The van der Waals surface area contributed by atoms with Gasteiger partial charge in [-0.15, -0.1) is 0 Å². The first-order chi connectivity index (χ1) is 8.28. The van der Waals surface area contributed by atoms with Gasteiger partial charge in [-0.05, 0) is 30.7 Å². The molecule has 0 heterocycles. The molecule has 100 valence electrons. The Labute approximate surface area is 111 Å². The van der Waals surface area contributed by atoms with E-state index in [1.165, 1.54) is 26.0 Å². The molecular weight excluding hydrogens is 279 g/mol. The lowest BCUT2D eigenvalue weighted by atomic mass is 10.1. The number of benzene rings is 1. The van der Waals surface area contributed by atoms with E-state index < -0.39 is 25.6 Å².